The van der Waals surface area contributed by atoms with E-state index < -0.39 is 12.1 Å². The number of halogens is 3. The average Bonchev–Trinajstić information content (AvgIpc) is 3.13. The maximum atomic E-state index is 12.6. The van der Waals surface area contributed by atoms with Crippen LogP contribution in [0.5, 0.6) is 0 Å². The van der Waals surface area contributed by atoms with Gasteiger partial charge in [0.15, 0.2) is 5.65 Å². The van der Waals surface area contributed by atoms with Crippen molar-refractivity contribution in [3.8, 4) is 0 Å². The number of aliphatic carboxylic acids is 1. The number of nitrogens with one attached hydrogen (secondary N) is 1. The largest absolute Gasteiger partial charge is 0.490 e. The van der Waals surface area contributed by atoms with Crippen molar-refractivity contribution in [1.29, 1.82) is 0 Å². The molecule has 2 unspecified atom stereocenters. The molecule has 0 radical (unpaired) electrons. The summed E-state index contributed by atoms with van der Waals surface area (Å²) in [5.74, 6) is -1.75. The molecular weight excluding hydrogens is 381 g/mol. The smallest absolute Gasteiger partial charge is 0.475 e. The Kier molecular flexibility index (Phi) is 5.15. The van der Waals surface area contributed by atoms with E-state index in [0.717, 1.165) is 19.4 Å². The van der Waals surface area contributed by atoms with Gasteiger partial charge in [0, 0.05) is 19.3 Å². The van der Waals surface area contributed by atoms with Gasteiger partial charge in [-0.1, -0.05) is 6.07 Å². The van der Waals surface area contributed by atoms with Crippen molar-refractivity contribution in [1.82, 2.24) is 19.5 Å². The zero-order chi connectivity index (χ0) is 20.5. The fourth-order valence-electron chi connectivity index (χ4n) is 3.73. The molecule has 0 bridgehead atoms. The number of carbonyl (C=O) groups is 2. The van der Waals surface area contributed by atoms with Crippen molar-refractivity contribution in [2.45, 2.75) is 31.0 Å². The molecule has 0 spiro atoms. The zero-order valence-electron chi connectivity index (χ0n) is 14.7. The topological polar surface area (TPSA) is 126 Å². The lowest BCUT2D eigenvalue weighted by Crippen LogP contribution is -2.61. The van der Waals surface area contributed by atoms with Crippen molar-refractivity contribution in [3.63, 3.8) is 0 Å². The van der Waals surface area contributed by atoms with E-state index in [2.05, 4.69) is 15.5 Å². The molecule has 2 aromatic heterocycles. The quantitative estimate of drug-likeness (QED) is 0.705. The van der Waals surface area contributed by atoms with E-state index in [1.807, 2.05) is 29.3 Å². The first-order valence-corrected chi connectivity index (χ1v) is 8.57. The molecule has 2 aliphatic rings. The minimum Gasteiger partial charge on any atom is -0.475 e. The van der Waals surface area contributed by atoms with Gasteiger partial charge < -0.3 is 15.7 Å². The number of nitrogens with two attached hydrogens (primary N) is 1. The predicted molar refractivity (Wildman–Crippen MR) is 91.5 cm³/mol. The van der Waals surface area contributed by atoms with Crippen LogP contribution in [0, 0.1) is 5.92 Å². The summed E-state index contributed by atoms with van der Waals surface area (Å²) in [7, 11) is 0. The molecular formula is C16H19F3N6O3. The standard InChI is InChI=1S/C14H18N6O.C2HF3O2/c15-9-14-6-4-10(14)5-8-20(14)13(21)16-12-18-17-11-3-1-2-7-19(11)12;3-2(4,5)1(6)7/h1-3,7,10H,4-6,8-9,15H2,(H,16,18,21);(H,6,7). The monoisotopic (exact) mass is 400 g/mol. The Balaban J connectivity index is 0.000000279. The number of hydrogen-bond donors (Lipinski definition) is 3. The lowest BCUT2D eigenvalue weighted by atomic mass is 9.67. The highest BCUT2D eigenvalue weighted by atomic mass is 19.4. The predicted octanol–water partition coefficient (Wildman–Crippen LogP) is 1.71. The molecule has 4 N–H and O–H groups in total. The molecule has 4 rings (SSSR count). The Morgan fingerprint density at radius 2 is 2.04 bits per heavy atom. The number of rotatable bonds is 2. The summed E-state index contributed by atoms with van der Waals surface area (Å²) in [6.07, 6.45) is -0.0258. The molecule has 9 nitrogen and oxygen atoms in total. The third-order valence-corrected chi connectivity index (χ3v) is 5.30. The number of nitrogens with zero attached hydrogens (tertiary/aromatic N) is 4. The van der Waals surface area contributed by atoms with Gasteiger partial charge in [-0.3, -0.25) is 9.72 Å². The number of urea groups is 1. The Morgan fingerprint density at radius 1 is 1.32 bits per heavy atom. The molecule has 1 aliphatic heterocycles. The van der Waals surface area contributed by atoms with Crippen LogP contribution in [0.3, 0.4) is 0 Å². The van der Waals surface area contributed by atoms with E-state index in [4.69, 9.17) is 15.6 Å². The summed E-state index contributed by atoms with van der Waals surface area (Å²) in [5, 5.41) is 18.1. The SMILES string of the molecule is NCC12CCC1CCN2C(=O)Nc1nnc2ccccn12.O=C(O)C(F)(F)F. The first-order valence-electron chi connectivity index (χ1n) is 8.57. The summed E-state index contributed by atoms with van der Waals surface area (Å²) in [6.45, 7) is 1.30. The van der Waals surface area contributed by atoms with E-state index in [0.29, 0.717) is 24.1 Å². The summed E-state index contributed by atoms with van der Waals surface area (Å²) in [6, 6.07) is 5.49. The number of amides is 2. The van der Waals surface area contributed by atoms with Crippen LogP contribution in [-0.2, 0) is 4.79 Å². The number of pyridine rings is 1. The van der Waals surface area contributed by atoms with Gasteiger partial charge in [0.1, 0.15) is 0 Å². The number of alkyl halides is 3. The fraction of sp³-hybridized carbons (Fsp3) is 0.500. The highest BCUT2D eigenvalue weighted by Gasteiger charge is 2.55. The number of likely N-dealkylation sites (tertiary alicyclic amines) is 1. The van der Waals surface area contributed by atoms with Crippen LogP contribution < -0.4 is 11.1 Å². The average molecular weight is 400 g/mol. The van der Waals surface area contributed by atoms with E-state index in [1.54, 1.807) is 4.40 Å². The number of carboxylic acids is 1. The highest BCUT2D eigenvalue weighted by Crippen LogP contribution is 2.49. The second kappa shape index (κ2) is 7.26. The number of aromatic nitrogens is 3. The van der Waals surface area contributed by atoms with Crippen LogP contribution in [0.25, 0.3) is 5.65 Å². The van der Waals surface area contributed by atoms with Crippen molar-refractivity contribution in [3.05, 3.63) is 24.4 Å². The molecule has 0 aromatic carbocycles. The van der Waals surface area contributed by atoms with Crippen LogP contribution in [0.1, 0.15) is 19.3 Å². The van der Waals surface area contributed by atoms with Gasteiger partial charge in [-0.2, -0.15) is 13.2 Å². The molecule has 1 saturated carbocycles. The molecule has 2 atom stereocenters. The molecule has 28 heavy (non-hydrogen) atoms. The summed E-state index contributed by atoms with van der Waals surface area (Å²) in [5.41, 5.74) is 6.52. The molecule has 1 saturated heterocycles. The maximum absolute atomic E-state index is 12.6. The number of carbonyl (C=O) groups excluding carboxylic acids is 1. The first-order chi connectivity index (χ1) is 13.2. The third kappa shape index (κ3) is 3.46. The van der Waals surface area contributed by atoms with Gasteiger partial charge >= 0.3 is 18.2 Å². The van der Waals surface area contributed by atoms with Crippen molar-refractivity contribution >= 4 is 23.6 Å². The minimum atomic E-state index is -5.08. The first kappa shape index (κ1) is 19.9. The molecule has 1 aliphatic carbocycles. The van der Waals surface area contributed by atoms with E-state index in [-0.39, 0.29) is 11.6 Å². The Hall–Kier alpha value is -2.89. The Bertz CT molecular complexity index is 882. The number of carboxylic acid groups (broad SMARTS) is 1. The molecule has 12 heteroatoms. The Labute approximate surface area is 157 Å². The zero-order valence-corrected chi connectivity index (χ0v) is 14.7. The van der Waals surface area contributed by atoms with Crippen molar-refractivity contribution < 1.29 is 27.9 Å². The van der Waals surface area contributed by atoms with Crippen LogP contribution in [0.4, 0.5) is 23.9 Å². The number of anilines is 1. The number of hydrogen-bond acceptors (Lipinski definition) is 5. The van der Waals surface area contributed by atoms with Gasteiger partial charge in [0.05, 0.1) is 5.54 Å². The van der Waals surface area contributed by atoms with Gasteiger partial charge in [0.2, 0.25) is 5.95 Å². The summed E-state index contributed by atoms with van der Waals surface area (Å²) < 4.78 is 33.5. The van der Waals surface area contributed by atoms with Crippen LogP contribution in [-0.4, -0.2) is 61.4 Å². The van der Waals surface area contributed by atoms with Crippen molar-refractivity contribution in [2.75, 3.05) is 18.4 Å². The van der Waals surface area contributed by atoms with Gasteiger partial charge in [-0.25, -0.2) is 9.59 Å². The molecule has 3 heterocycles. The van der Waals surface area contributed by atoms with Gasteiger partial charge in [0.25, 0.3) is 0 Å². The molecule has 2 fully saturated rings. The van der Waals surface area contributed by atoms with E-state index in [1.165, 1.54) is 6.42 Å². The van der Waals surface area contributed by atoms with Crippen LogP contribution >= 0.6 is 0 Å². The van der Waals surface area contributed by atoms with Gasteiger partial charge in [-0.15, -0.1) is 10.2 Å². The van der Waals surface area contributed by atoms with Crippen LogP contribution in [0.2, 0.25) is 0 Å². The molecule has 2 amide bonds. The lowest BCUT2D eigenvalue weighted by molar-refractivity contribution is -0.192. The Morgan fingerprint density at radius 3 is 2.61 bits per heavy atom. The van der Waals surface area contributed by atoms with Crippen molar-refractivity contribution in [2.24, 2.45) is 11.7 Å². The third-order valence-electron chi connectivity index (χ3n) is 5.30. The molecule has 2 aromatic rings. The molecule has 152 valence electrons. The normalized spacial score (nSPS) is 23.4. The van der Waals surface area contributed by atoms with Crippen LogP contribution in [0.15, 0.2) is 24.4 Å². The minimum absolute atomic E-state index is 0.124. The summed E-state index contributed by atoms with van der Waals surface area (Å²) in [4.78, 5) is 23.4. The second-order valence-corrected chi connectivity index (χ2v) is 6.67. The fourth-order valence-corrected chi connectivity index (χ4v) is 3.73. The maximum Gasteiger partial charge on any atom is 0.490 e. The summed E-state index contributed by atoms with van der Waals surface area (Å²) >= 11 is 0. The van der Waals surface area contributed by atoms with Gasteiger partial charge in [-0.05, 0) is 37.3 Å². The van der Waals surface area contributed by atoms with E-state index in [9.17, 15) is 18.0 Å². The number of fused-ring (bicyclic) bond motifs is 2. The van der Waals surface area contributed by atoms with E-state index >= 15 is 0 Å². The lowest BCUT2D eigenvalue weighted by Gasteiger charge is -2.49. The highest BCUT2D eigenvalue weighted by molar-refractivity contribution is 5.89. The second-order valence-electron chi connectivity index (χ2n) is 6.67.